The van der Waals surface area contributed by atoms with Gasteiger partial charge in [-0.1, -0.05) is 43.5 Å². The number of hydrogen-bond acceptors (Lipinski definition) is 2. The summed E-state index contributed by atoms with van der Waals surface area (Å²) in [5.74, 6) is -0.917. The molecule has 0 radical (unpaired) electrons. The van der Waals surface area contributed by atoms with E-state index in [1.54, 1.807) is 12.1 Å². The third-order valence-electron chi connectivity index (χ3n) is 5.71. The molecule has 2 aliphatic rings. The van der Waals surface area contributed by atoms with E-state index in [-0.39, 0.29) is 23.2 Å². The van der Waals surface area contributed by atoms with E-state index in [4.69, 9.17) is 0 Å². The van der Waals surface area contributed by atoms with Crippen LogP contribution in [0.2, 0.25) is 0 Å². The van der Waals surface area contributed by atoms with Gasteiger partial charge in [0.05, 0.1) is 22.4 Å². The minimum atomic E-state index is -4.59. The lowest BCUT2D eigenvalue weighted by atomic mass is 9.94. The van der Waals surface area contributed by atoms with Gasteiger partial charge in [-0.05, 0) is 36.6 Å². The largest absolute Gasteiger partial charge is 0.418 e. The summed E-state index contributed by atoms with van der Waals surface area (Å²) in [6.07, 6.45) is 0.618. The molecule has 7 heteroatoms. The molecule has 0 unspecified atom stereocenters. The van der Waals surface area contributed by atoms with Crippen molar-refractivity contribution in [3.63, 3.8) is 0 Å². The number of alkyl halides is 3. The molecule has 0 aromatic heterocycles. The molecule has 1 aliphatic carbocycles. The Kier molecular flexibility index (Phi) is 5.06. The van der Waals surface area contributed by atoms with Gasteiger partial charge in [0.2, 0.25) is 0 Å². The number of anilines is 1. The van der Waals surface area contributed by atoms with Gasteiger partial charge >= 0.3 is 6.18 Å². The minimum absolute atomic E-state index is 0.114. The maximum absolute atomic E-state index is 13.2. The van der Waals surface area contributed by atoms with Crippen molar-refractivity contribution >= 4 is 17.5 Å². The van der Waals surface area contributed by atoms with E-state index >= 15 is 0 Å². The van der Waals surface area contributed by atoms with Gasteiger partial charge in [0.1, 0.15) is 0 Å². The highest BCUT2D eigenvalue weighted by molar-refractivity contribution is 6.14. The van der Waals surface area contributed by atoms with Crippen LogP contribution in [0.15, 0.2) is 42.5 Å². The van der Waals surface area contributed by atoms with Crippen molar-refractivity contribution in [2.24, 2.45) is 0 Å². The molecule has 0 bridgehead atoms. The molecule has 1 fully saturated rings. The molecular weight excluding hydrogens is 381 g/mol. The molecule has 1 aliphatic heterocycles. The average Bonchev–Trinajstić information content (AvgIpc) is 3.05. The fourth-order valence-electron chi connectivity index (χ4n) is 4.29. The molecule has 0 spiro atoms. The third-order valence-corrected chi connectivity index (χ3v) is 5.71. The van der Waals surface area contributed by atoms with Crippen molar-refractivity contribution in [1.82, 2.24) is 4.90 Å². The summed E-state index contributed by atoms with van der Waals surface area (Å²) in [4.78, 5) is 27.7. The number of rotatable bonds is 3. The highest BCUT2D eigenvalue weighted by Crippen LogP contribution is 2.36. The van der Waals surface area contributed by atoms with Crippen LogP contribution in [0.4, 0.5) is 18.9 Å². The Balaban J connectivity index is 1.62. The molecule has 1 saturated carbocycles. The van der Waals surface area contributed by atoms with Gasteiger partial charge in [-0.25, -0.2) is 0 Å². The van der Waals surface area contributed by atoms with E-state index in [1.807, 2.05) is 4.90 Å². The van der Waals surface area contributed by atoms with Crippen LogP contribution in [0.25, 0.3) is 0 Å². The first-order valence-corrected chi connectivity index (χ1v) is 9.76. The number of carbonyl (C=O) groups excluding carboxylic acids is 2. The van der Waals surface area contributed by atoms with Gasteiger partial charge in [-0.2, -0.15) is 13.2 Å². The Hall–Kier alpha value is -2.83. The highest BCUT2D eigenvalue weighted by Gasteiger charge is 2.37. The quantitative estimate of drug-likeness (QED) is 0.763. The molecule has 1 N–H and O–H groups in total. The maximum atomic E-state index is 13.2. The Morgan fingerprint density at radius 3 is 2.45 bits per heavy atom. The predicted octanol–water partition coefficient (Wildman–Crippen LogP) is 5.25. The molecule has 4 rings (SSSR count). The molecule has 4 nitrogen and oxygen atoms in total. The van der Waals surface area contributed by atoms with E-state index in [1.165, 1.54) is 24.3 Å². The Morgan fingerprint density at radius 2 is 1.72 bits per heavy atom. The van der Waals surface area contributed by atoms with Crippen LogP contribution in [0.5, 0.6) is 0 Å². The third kappa shape index (κ3) is 3.73. The van der Waals surface area contributed by atoms with E-state index in [9.17, 15) is 22.8 Å². The first-order valence-electron chi connectivity index (χ1n) is 9.76. The topological polar surface area (TPSA) is 49.4 Å². The second-order valence-electron chi connectivity index (χ2n) is 7.56. The van der Waals surface area contributed by atoms with Gasteiger partial charge in [-0.15, -0.1) is 0 Å². The van der Waals surface area contributed by atoms with E-state index in [2.05, 4.69) is 5.32 Å². The normalized spacial score (nSPS) is 17.3. The Morgan fingerprint density at radius 1 is 1.00 bits per heavy atom. The van der Waals surface area contributed by atoms with Crippen LogP contribution in [0, 0.1) is 0 Å². The summed E-state index contributed by atoms with van der Waals surface area (Å²) in [6.45, 7) is 0.444. The lowest BCUT2D eigenvalue weighted by Gasteiger charge is -2.30. The first kappa shape index (κ1) is 19.5. The molecule has 2 amide bonds. The van der Waals surface area contributed by atoms with Gasteiger partial charge in [0.15, 0.2) is 0 Å². The van der Waals surface area contributed by atoms with Gasteiger partial charge in [0.25, 0.3) is 11.8 Å². The summed E-state index contributed by atoms with van der Waals surface area (Å²) < 4.78 is 39.7. The number of para-hydroxylation sites is 1. The number of nitrogens with zero attached hydrogens (tertiary/aromatic N) is 1. The van der Waals surface area contributed by atoms with Crippen molar-refractivity contribution in [2.45, 2.75) is 50.9 Å². The molecule has 29 heavy (non-hydrogen) atoms. The van der Waals surface area contributed by atoms with Crippen LogP contribution < -0.4 is 5.32 Å². The summed E-state index contributed by atoms with van der Waals surface area (Å²) in [5, 5.41) is 2.35. The zero-order chi connectivity index (χ0) is 20.6. The first-order chi connectivity index (χ1) is 13.9. The second kappa shape index (κ2) is 7.54. The number of halogens is 3. The zero-order valence-corrected chi connectivity index (χ0v) is 15.8. The van der Waals surface area contributed by atoms with Crippen LogP contribution in [-0.4, -0.2) is 22.8 Å². The lowest BCUT2D eigenvalue weighted by Crippen LogP contribution is -2.37. The minimum Gasteiger partial charge on any atom is -0.331 e. The highest BCUT2D eigenvalue weighted by atomic mass is 19.4. The zero-order valence-electron chi connectivity index (χ0n) is 15.8. The monoisotopic (exact) mass is 402 g/mol. The lowest BCUT2D eigenvalue weighted by molar-refractivity contribution is -0.136. The summed E-state index contributed by atoms with van der Waals surface area (Å²) in [6, 6.07) is 9.94. The molecule has 1 heterocycles. The van der Waals surface area contributed by atoms with Crippen molar-refractivity contribution in [1.29, 1.82) is 0 Å². The molecule has 2 aromatic carbocycles. The second-order valence-corrected chi connectivity index (χ2v) is 7.56. The van der Waals surface area contributed by atoms with Gasteiger partial charge in [0, 0.05) is 12.6 Å². The predicted molar refractivity (Wildman–Crippen MR) is 103 cm³/mol. The number of nitrogens with one attached hydrogen (secondary N) is 1. The number of fused-ring (bicyclic) bond motifs is 1. The van der Waals surface area contributed by atoms with Crippen LogP contribution >= 0.6 is 0 Å². The number of amides is 2. The van der Waals surface area contributed by atoms with Crippen LogP contribution in [0.3, 0.4) is 0 Å². The molecule has 2 aromatic rings. The number of carbonyl (C=O) groups is 2. The fourth-order valence-corrected chi connectivity index (χ4v) is 4.29. The number of benzene rings is 2. The van der Waals surface area contributed by atoms with Crippen molar-refractivity contribution in [3.05, 3.63) is 64.7 Å². The van der Waals surface area contributed by atoms with E-state index in [0.717, 1.165) is 43.7 Å². The summed E-state index contributed by atoms with van der Waals surface area (Å²) >= 11 is 0. The Labute approximate surface area is 166 Å². The standard InChI is InChI=1S/C22H21F3N2O2/c23-22(24,25)17-11-4-5-12-18(17)26-20(28)16-10-6-7-14-13-27(21(29)19(14)16)15-8-2-1-3-9-15/h4-7,10-12,15H,1-3,8-9,13H2,(H,26,28). The number of hydrogen-bond donors (Lipinski definition) is 1. The van der Waals surface area contributed by atoms with Crippen LogP contribution in [0.1, 0.15) is 63.9 Å². The molecule has 0 atom stereocenters. The van der Waals surface area contributed by atoms with Crippen molar-refractivity contribution in [2.75, 3.05) is 5.32 Å². The molecule has 0 saturated heterocycles. The summed E-state index contributed by atoms with van der Waals surface area (Å²) in [5.41, 5.74) is -0.0755. The smallest absolute Gasteiger partial charge is 0.331 e. The SMILES string of the molecule is O=C(Nc1ccccc1C(F)(F)F)c1cccc2c1C(=O)N(C1CCCCC1)C2. The van der Waals surface area contributed by atoms with E-state index in [0.29, 0.717) is 12.1 Å². The average molecular weight is 402 g/mol. The fraction of sp³-hybridized carbons (Fsp3) is 0.364. The van der Waals surface area contributed by atoms with Crippen molar-refractivity contribution < 1.29 is 22.8 Å². The summed E-state index contributed by atoms with van der Waals surface area (Å²) in [7, 11) is 0. The van der Waals surface area contributed by atoms with Crippen molar-refractivity contribution in [3.8, 4) is 0 Å². The maximum Gasteiger partial charge on any atom is 0.418 e. The molecule has 152 valence electrons. The molecular formula is C22H21F3N2O2. The van der Waals surface area contributed by atoms with E-state index < -0.39 is 17.6 Å². The Bertz CT molecular complexity index is 949. The van der Waals surface area contributed by atoms with Gasteiger partial charge < -0.3 is 10.2 Å². The van der Waals surface area contributed by atoms with Crippen LogP contribution in [-0.2, 0) is 12.7 Å². The van der Waals surface area contributed by atoms with Gasteiger partial charge in [-0.3, -0.25) is 9.59 Å².